The van der Waals surface area contributed by atoms with Crippen LogP contribution in [0.4, 0.5) is 11.4 Å². The van der Waals surface area contributed by atoms with Crippen molar-refractivity contribution < 1.29 is 9.90 Å². The molecule has 2 atom stereocenters. The van der Waals surface area contributed by atoms with Crippen LogP contribution in [0.5, 0.6) is 0 Å². The Hall–Kier alpha value is -1.59. The van der Waals surface area contributed by atoms with Crippen LogP contribution in [0.2, 0.25) is 0 Å². The first-order valence-electron chi connectivity index (χ1n) is 7.91. The number of piperidine rings is 1. The summed E-state index contributed by atoms with van der Waals surface area (Å²) in [5.41, 5.74) is 1.92. The summed E-state index contributed by atoms with van der Waals surface area (Å²) in [6, 6.07) is 8.21. The van der Waals surface area contributed by atoms with Crippen LogP contribution in [0, 0.1) is 5.92 Å². The zero-order valence-electron chi connectivity index (χ0n) is 13.7. The molecule has 122 valence electrons. The van der Waals surface area contributed by atoms with E-state index in [1.54, 1.807) is 0 Å². The molecular formula is C17H27N3O2. The van der Waals surface area contributed by atoms with E-state index < -0.39 is 0 Å². The van der Waals surface area contributed by atoms with E-state index in [-0.39, 0.29) is 12.5 Å². The summed E-state index contributed by atoms with van der Waals surface area (Å²) in [5, 5.41) is 12.3. The Bertz CT molecular complexity index is 487. The van der Waals surface area contributed by atoms with Gasteiger partial charge in [-0.3, -0.25) is 9.69 Å². The maximum Gasteiger partial charge on any atom is 0.238 e. The molecule has 0 aromatic heterocycles. The van der Waals surface area contributed by atoms with Crippen LogP contribution in [-0.2, 0) is 4.79 Å². The van der Waals surface area contributed by atoms with Crippen molar-refractivity contribution in [3.63, 3.8) is 0 Å². The molecule has 0 saturated carbocycles. The number of aliphatic hydroxyl groups is 1. The zero-order chi connectivity index (χ0) is 16.1. The van der Waals surface area contributed by atoms with Crippen LogP contribution in [-0.4, -0.2) is 55.7 Å². The van der Waals surface area contributed by atoms with Gasteiger partial charge in [-0.05, 0) is 49.9 Å². The van der Waals surface area contributed by atoms with Crippen molar-refractivity contribution in [2.75, 3.05) is 44.0 Å². The average molecular weight is 305 g/mol. The second kappa shape index (κ2) is 7.61. The Labute approximate surface area is 132 Å². The highest BCUT2D eigenvalue weighted by Gasteiger charge is 2.26. The first-order valence-corrected chi connectivity index (χ1v) is 7.91. The topological polar surface area (TPSA) is 55.8 Å². The van der Waals surface area contributed by atoms with E-state index in [1.807, 2.05) is 43.3 Å². The van der Waals surface area contributed by atoms with Gasteiger partial charge in [0.1, 0.15) is 0 Å². The number of aliphatic hydroxyl groups excluding tert-OH is 1. The predicted molar refractivity (Wildman–Crippen MR) is 90.2 cm³/mol. The fourth-order valence-electron chi connectivity index (χ4n) is 2.86. The van der Waals surface area contributed by atoms with Crippen molar-refractivity contribution >= 4 is 17.3 Å². The highest BCUT2D eigenvalue weighted by atomic mass is 16.3. The van der Waals surface area contributed by atoms with Crippen molar-refractivity contribution in [2.24, 2.45) is 5.92 Å². The monoisotopic (exact) mass is 305 g/mol. The standard InChI is InChI=1S/C17H27N3O2/c1-13-4-5-14(12-21)10-20(13)11-17(22)18-15-6-8-16(9-7-15)19(2)3/h6-9,13-14,21H,4-5,10-12H2,1-3H3,(H,18,22). The van der Waals surface area contributed by atoms with Gasteiger partial charge in [0.2, 0.25) is 5.91 Å². The third kappa shape index (κ3) is 4.45. The lowest BCUT2D eigenvalue weighted by Crippen LogP contribution is -2.46. The van der Waals surface area contributed by atoms with Crippen LogP contribution < -0.4 is 10.2 Å². The Morgan fingerprint density at radius 1 is 1.32 bits per heavy atom. The van der Waals surface area contributed by atoms with Gasteiger partial charge in [-0.1, -0.05) is 0 Å². The van der Waals surface area contributed by atoms with E-state index >= 15 is 0 Å². The molecule has 1 aromatic carbocycles. The number of rotatable bonds is 5. The number of carbonyl (C=O) groups is 1. The van der Waals surface area contributed by atoms with Gasteiger partial charge in [0.05, 0.1) is 6.54 Å². The third-order valence-electron chi connectivity index (χ3n) is 4.38. The van der Waals surface area contributed by atoms with Gasteiger partial charge in [0, 0.05) is 44.7 Å². The zero-order valence-corrected chi connectivity index (χ0v) is 13.7. The largest absolute Gasteiger partial charge is 0.396 e. The van der Waals surface area contributed by atoms with E-state index in [1.165, 1.54) is 0 Å². The van der Waals surface area contributed by atoms with E-state index in [0.717, 1.165) is 30.8 Å². The summed E-state index contributed by atoms with van der Waals surface area (Å²) in [7, 11) is 3.98. The van der Waals surface area contributed by atoms with Gasteiger partial charge >= 0.3 is 0 Å². The normalized spacial score (nSPS) is 22.4. The van der Waals surface area contributed by atoms with Crippen LogP contribution >= 0.6 is 0 Å². The smallest absolute Gasteiger partial charge is 0.238 e. The number of nitrogens with one attached hydrogen (secondary N) is 1. The van der Waals surface area contributed by atoms with E-state index in [0.29, 0.717) is 18.5 Å². The second-order valence-electron chi connectivity index (χ2n) is 6.39. The van der Waals surface area contributed by atoms with Gasteiger partial charge < -0.3 is 15.3 Å². The Morgan fingerprint density at radius 2 is 2.00 bits per heavy atom. The second-order valence-corrected chi connectivity index (χ2v) is 6.39. The first-order chi connectivity index (χ1) is 10.5. The van der Waals surface area contributed by atoms with Crippen molar-refractivity contribution in [1.29, 1.82) is 0 Å². The summed E-state index contributed by atoms with van der Waals surface area (Å²) in [5.74, 6) is 0.298. The van der Waals surface area contributed by atoms with Gasteiger partial charge in [-0.25, -0.2) is 0 Å². The molecule has 0 aliphatic carbocycles. The molecule has 1 fully saturated rings. The molecule has 22 heavy (non-hydrogen) atoms. The average Bonchev–Trinajstić information content (AvgIpc) is 2.50. The van der Waals surface area contributed by atoms with Crippen molar-refractivity contribution in [3.8, 4) is 0 Å². The molecule has 5 nitrogen and oxygen atoms in total. The fraction of sp³-hybridized carbons (Fsp3) is 0.588. The van der Waals surface area contributed by atoms with Crippen molar-refractivity contribution in [2.45, 2.75) is 25.8 Å². The molecule has 1 saturated heterocycles. The lowest BCUT2D eigenvalue weighted by molar-refractivity contribution is -0.118. The highest BCUT2D eigenvalue weighted by Crippen LogP contribution is 2.21. The maximum absolute atomic E-state index is 12.2. The van der Waals surface area contributed by atoms with Crippen LogP contribution in [0.1, 0.15) is 19.8 Å². The number of likely N-dealkylation sites (tertiary alicyclic amines) is 1. The van der Waals surface area contributed by atoms with Crippen LogP contribution in [0.25, 0.3) is 0 Å². The van der Waals surface area contributed by atoms with Crippen LogP contribution in [0.15, 0.2) is 24.3 Å². The van der Waals surface area contributed by atoms with Gasteiger partial charge in [-0.2, -0.15) is 0 Å². The quantitative estimate of drug-likeness (QED) is 0.871. The third-order valence-corrected chi connectivity index (χ3v) is 4.38. The molecule has 1 aromatic rings. The SMILES string of the molecule is CC1CCC(CO)CN1CC(=O)Nc1ccc(N(C)C)cc1. The highest BCUT2D eigenvalue weighted by molar-refractivity contribution is 5.92. The number of hydrogen-bond donors (Lipinski definition) is 2. The molecule has 0 spiro atoms. The molecule has 2 unspecified atom stereocenters. The number of nitrogens with zero attached hydrogens (tertiary/aromatic N) is 2. The fourth-order valence-corrected chi connectivity index (χ4v) is 2.86. The molecule has 1 aliphatic heterocycles. The predicted octanol–water partition coefficient (Wildman–Crippen LogP) is 1.78. The molecule has 2 rings (SSSR count). The minimum atomic E-state index is 0.00282. The summed E-state index contributed by atoms with van der Waals surface area (Å²) >= 11 is 0. The first kappa shape index (κ1) is 16.8. The van der Waals surface area contributed by atoms with Crippen molar-refractivity contribution in [1.82, 2.24) is 4.90 Å². The van der Waals surface area contributed by atoms with Gasteiger partial charge in [-0.15, -0.1) is 0 Å². The minimum absolute atomic E-state index is 0.00282. The van der Waals surface area contributed by atoms with Gasteiger partial charge in [0.25, 0.3) is 0 Å². The Kier molecular flexibility index (Phi) is 5.80. The lowest BCUT2D eigenvalue weighted by Gasteiger charge is -2.36. The summed E-state index contributed by atoms with van der Waals surface area (Å²) in [6.07, 6.45) is 2.08. The molecule has 1 amide bonds. The molecule has 1 aliphatic rings. The number of benzene rings is 1. The molecule has 0 bridgehead atoms. The molecular weight excluding hydrogens is 278 g/mol. The summed E-state index contributed by atoms with van der Waals surface area (Å²) in [6.45, 7) is 3.53. The summed E-state index contributed by atoms with van der Waals surface area (Å²) in [4.78, 5) is 16.4. The van der Waals surface area contributed by atoms with E-state index in [2.05, 4.69) is 17.1 Å². The van der Waals surface area contributed by atoms with E-state index in [4.69, 9.17) is 0 Å². The Balaban J connectivity index is 1.89. The summed E-state index contributed by atoms with van der Waals surface area (Å²) < 4.78 is 0. The minimum Gasteiger partial charge on any atom is -0.396 e. The van der Waals surface area contributed by atoms with Gasteiger partial charge in [0.15, 0.2) is 0 Å². The number of hydrogen-bond acceptors (Lipinski definition) is 4. The molecule has 1 heterocycles. The van der Waals surface area contributed by atoms with Crippen molar-refractivity contribution in [3.05, 3.63) is 24.3 Å². The van der Waals surface area contributed by atoms with E-state index in [9.17, 15) is 9.90 Å². The number of amides is 1. The van der Waals surface area contributed by atoms with Crippen LogP contribution in [0.3, 0.4) is 0 Å². The lowest BCUT2D eigenvalue weighted by atomic mass is 9.94. The molecule has 2 N–H and O–H groups in total. The number of anilines is 2. The maximum atomic E-state index is 12.2. The molecule has 0 radical (unpaired) electrons. The Morgan fingerprint density at radius 3 is 2.59 bits per heavy atom. The molecule has 5 heteroatoms. The number of carbonyl (C=O) groups excluding carboxylic acids is 1.